The summed E-state index contributed by atoms with van der Waals surface area (Å²) in [5.74, 6) is -0.834. The third-order valence-electron chi connectivity index (χ3n) is 2.70. The summed E-state index contributed by atoms with van der Waals surface area (Å²) in [4.78, 5) is 24.2. The Morgan fingerprint density at radius 3 is 2.65 bits per heavy atom. The van der Waals surface area contributed by atoms with E-state index in [1.807, 2.05) is 6.92 Å². The molecule has 1 aromatic carbocycles. The Kier molecular flexibility index (Phi) is 4.42. The molecule has 20 heavy (non-hydrogen) atoms. The fourth-order valence-electron chi connectivity index (χ4n) is 1.67. The molecule has 0 atom stereocenters. The van der Waals surface area contributed by atoms with Gasteiger partial charge in [0.1, 0.15) is 4.88 Å². The number of carbonyl (C=O) groups is 2. The predicted octanol–water partition coefficient (Wildman–Crippen LogP) is 3.75. The molecule has 1 amide bonds. The highest BCUT2D eigenvalue weighted by atomic mass is 35.5. The molecule has 6 heteroatoms. The van der Waals surface area contributed by atoms with Gasteiger partial charge in [-0.15, -0.1) is 11.3 Å². The standard InChI is InChI=1S/C14H12ClNO3S/c1-8-7-20-12(14(18)19-2)11(8)16-13(17)9-5-3-4-6-10(9)15/h3-7H,1-2H3,(H,16,17). The van der Waals surface area contributed by atoms with E-state index in [0.717, 1.165) is 5.56 Å². The van der Waals surface area contributed by atoms with E-state index in [-0.39, 0.29) is 5.91 Å². The number of anilines is 1. The van der Waals surface area contributed by atoms with Crippen LogP contribution >= 0.6 is 22.9 Å². The molecular formula is C14H12ClNO3S. The average molecular weight is 310 g/mol. The lowest BCUT2D eigenvalue weighted by Gasteiger charge is -2.08. The molecule has 0 unspecified atom stereocenters. The number of thiophene rings is 1. The minimum atomic E-state index is -0.474. The Morgan fingerprint density at radius 2 is 2.00 bits per heavy atom. The van der Waals surface area contributed by atoms with Gasteiger partial charge in [-0.3, -0.25) is 4.79 Å². The highest BCUT2D eigenvalue weighted by Gasteiger charge is 2.19. The van der Waals surface area contributed by atoms with Gasteiger partial charge in [0.25, 0.3) is 5.91 Å². The lowest BCUT2D eigenvalue weighted by molar-refractivity contribution is 0.0607. The summed E-state index contributed by atoms with van der Waals surface area (Å²) < 4.78 is 4.70. The van der Waals surface area contributed by atoms with E-state index in [1.165, 1.54) is 18.4 Å². The third-order valence-corrected chi connectivity index (χ3v) is 4.11. The number of esters is 1. The average Bonchev–Trinajstić information content (AvgIpc) is 2.80. The van der Waals surface area contributed by atoms with Crippen molar-refractivity contribution in [2.75, 3.05) is 12.4 Å². The van der Waals surface area contributed by atoms with E-state index in [0.29, 0.717) is 21.2 Å². The number of aryl methyl sites for hydroxylation is 1. The number of benzene rings is 1. The molecule has 104 valence electrons. The van der Waals surface area contributed by atoms with Crippen LogP contribution in [0.3, 0.4) is 0 Å². The first-order valence-electron chi connectivity index (χ1n) is 5.77. The van der Waals surface area contributed by atoms with Gasteiger partial charge >= 0.3 is 5.97 Å². The molecule has 2 rings (SSSR count). The van der Waals surface area contributed by atoms with Crippen molar-refractivity contribution in [3.05, 3.63) is 50.7 Å². The van der Waals surface area contributed by atoms with Crippen molar-refractivity contribution in [1.82, 2.24) is 0 Å². The first-order chi connectivity index (χ1) is 9.54. The molecular weight excluding hydrogens is 298 g/mol. The SMILES string of the molecule is COC(=O)c1scc(C)c1NC(=O)c1ccccc1Cl. The van der Waals surface area contributed by atoms with Crippen LogP contribution in [0.15, 0.2) is 29.6 Å². The molecule has 0 saturated carbocycles. The second-order valence-electron chi connectivity index (χ2n) is 4.05. The first kappa shape index (κ1) is 14.6. The van der Waals surface area contributed by atoms with Crippen molar-refractivity contribution in [1.29, 1.82) is 0 Å². The zero-order valence-electron chi connectivity index (χ0n) is 10.9. The molecule has 0 aliphatic heterocycles. The Labute approximate surface area is 125 Å². The number of amides is 1. The molecule has 0 aliphatic rings. The molecule has 0 bridgehead atoms. The summed E-state index contributed by atoms with van der Waals surface area (Å²) in [6.07, 6.45) is 0. The maximum absolute atomic E-state index is 12.2. The smallest absolute Gasteiger partial charge is 0.350 e. The maximum atomic E-state index is 12.2. The van der Waals surface area contributed by atoms with Gasteiger partial charge in [0.05, 0.1) is 23.4 Å². The molecule has 0 spiro atoms. The molecule has 1 N–H and O–H groups in total. The van der Waals surface area contributed by atoms with Gasteiger partial charge in [-0.1, -0.05) is 23.7 Å². The Morgan fingerprint density at radius 1 is 1.30 bits per heavy atom. The van der Waals surface area contributed by atoms with E-state index in [1.54, 1.807) is 29.6 Å². The van der Waals surface area contributed by atoms with Crippen LogP contribution in [0.5, 0.6) is 0 Å². The molecule has 0 fully saturated rings. The Bertz CT molecular complexity index is 666. The zero-order chi connectivity index (χ0) is 14.7. The molecule has 0 aliphatic carbocycles. The van der Waals surface area contributed by atoms with Gasteiger partial charge in [-0.25, -0.2) is 4.79 Å². The topological polar surface area (TPSA) is 55.4 Å². The molecule has 0 saturated heterocycles. The third kappa shape index (κ3) is 2.84. The fourth-order valence-corrected chi connectivity index (χ4v) is 2.81. The number of halogens is 1. The van der Waals surface area contributed by atoms with Crippen molar-refractivity contribution in [2.24, 2.45) is 0 Å². The fraction of sp³-hybridized carbons (Fsp3) is 0.143. The number of ether oxygens (including phenoxy) is 1. The summed E-state index contributed by atoms with van der Waals surface area (Å²) in [5, 5.41) is 4.86. The van der Waals surface area contributed by atoms with Crippen molar-refractivity contribution in [3.63, 3.8) is 0 Å². The van der Waals surface area contributed by atoms with Gasteiger partial charge in [-0.2, -0.15) is 0 Å². The predicted molar refractivity (Wildman–Crippen MR) is 79.8 cm³/mol. The number of methoxy groups -OCH3 is 1. The van der Waals surface area contributed by atoms with E-state index in [4.69, 9.17) is 16.3 Å². The molecule has 0 radical (unpaired) electrons. The molecule has 1 aromatic heterocycles. The van der Waals surface area contributed by atoms with Crippen LogP contribution in [0.1, 0.15) is 25.6 Å². The second-order valence-corrected chi connectivity index (χ2v) is 5.34. The normalized spacial score (nSPS) is 10.2. The summed E-state index contributed by atoms with van der Waals surface area (Å²) in [6.45, 7) is 1.81. The summed E-state index contributed by atoms with van der Waals surface area (Å²) in [6, 6.07) is 6.73. The van der Waals surface area contributed by atoms with E-state index >= 15 is 0 Å². The first-order valence-corrected chi connectivity index (χ1v) is 7.02. The van der Waals surface area contributed by atoms with Gasteiger partial charge in [-0.05, 0) is 30.0 Å². The second kappa shape index (κ2) is 6.07. The van der Waals surface area contributed by atoms with E-state index < -0.39 is 5.97 Å². The van der Waals surface area contributed by atoms with Crippen LogP contribution in [-0.2, 0) is 4.74 Å². The lowest BCUT2D eigenvalue weighted by atomic mass is 10.2. The largest absolute Gasteiger partial charge is 0.465 e. The van der Waals surface area contributed by atoms with E-state index in [9.17, 15) is 9.59 Å². The summed E-state index contributed by atoms with van der Waals surface area (Å²) >= 11 is 7.21. The number of carbonyl (C=O) groups excluding carboxylic acids is 2. The Balaban J connectivity index is 2.31. The van der Waals surface area contributed by atoms with Gasteiger partial charge in [0.2, 0.25) is 0 Å². The quantitative estimate of drug-likeness (QED) is 0.879. The minimum Gasteiger partial charge on any atom is -0.465 e. The molecule has 2 aromatic rings. The Hall–Kier alpha value is -1.85. The van der Waals surface area contributed by atoms with Crippen LogP contribution in [0.2, 0.25) is 5.02 Å². The number of nitrogens with one attached hydrogen (secondary N) is 1. The van der Waals surface area contributed by atoms with Crippen molar-refractivity contribution in [3.8, 4) is 0 Å². The number of hydrogen-bond acceptors (Lipinski definition) is 4. The highest BCUT2D eigenvalue weighted by molar-refractivity contribution is 7.12. The zero-order valence-corrected chi connectivity index (χ0v) is 12.5. The van der Waals surface area contributed by atoms with Gasteiger partial charge in [0.15, 0.2) is 0 Å². The molecule has 1 heterocycles. The van der Waals surface area contributed by atoms with Gasteiger partial charge in [0, 0.05) is 0 Å². The summed E-state index contributed by atoms with van der Waals surface area (Å²) in [5.41, 5.74) is 1.62. The van der Waals surface area contributed by atoms with Crippen molar-refractivity contribution >= 4 is 40.5 Å². The van der Waals surface area contributed by atoms with Crippen molar-refractivity contribution < 1.29 is 14.3 Å². The number of rotatable bonds is 3. The van der Waals surface area contributed by atoms with Crippen molar-refractivity contribution in [2.45, 2.75) is 6.92 Å². The van der Waals surface area contributed by atoms with Crippen LogP contribution in [0.25, 0.3) is 0 Å². The monoisotopic (exact) mass is 309 g/mol. The lowest BCUT2D eigenvalue weighted by Crippen LogP contribution is -2.15. The molecule has 4 nitrogen and oxygen atoms in total. The maximum Gasteiger partial charge on any atom is 0.350 e. The van der Waals surface area contributed by atoms with E-state index in [2.05, 4.69) is 5.32 Å². The van der Waals surface area contributed by atoms with Crippen LogP contribution in [0.4, 0.5) is 5.69 Å². The van der Waals surface area contributed by atoms with Crippen LogP contribution in [-0.4, -0.2) is 19.0 Å². The number of hydrogen-bond donors (Lipinski definition) is 1. The minimum absolute atomic E-state index is 0.357. The van der Waals surface area contributed by atoms with Gasteiger partial charge < -0.3 is 10.1 Å². The highest BCUT2D eigenvalue weighted by Crippen LogP contribution is 2.29. The summed E-state index contributed by atoms with van der Waals surface area (Å²) in [7, 11) is 1.30. The van der Waals surface area contributed by atoms with Crippen LogP contribution in [0, 0.1) is 6.92 Å². The van der Waals surface area contributed by atoms with Crippen LogP contribution < -0.4 is 5.32 Å².